The molecule has 7 heteroatoms. The first kappa shape index (κ1) is 22.4. The minimum Gasteiger partial charge on any atom is -0.465 e. The molecule has 0 aromatic heterocycles. The fraction of sp³-hybridized carbons (Fsp3) is 0.450. The molecular formula is C20H26O7. The van der Waals surface area contributed by atoms with Crippen LogP contribution >= 0.6 is 0 Å². The van der Waals surface area contributed by atoms with Gasteiger partial charge in [-0.1, -0.05) is 43.8 Å². The Morgan fingerprint density at radius 1 is 0.889 bits per heavy atom. The molecule has 0 aliphatic carbocycles. The van der Waals surface area contributed by atoms with E-state index in [0.29, 0.717) is 13.0 Å². The van der Waals surface area contributed by atoms with Crippen LogP contribution in [0.25, 0.3) is 0 Å². The van der Waals surface area contributed by atoms with Gasteiger partial charge in [0.2, 0.25) is 0 Å². The smallest absolute Gasteiger partial charge is 0.344 e. The molecule has 1 aromatic rings. The van der Waals surface area contributed by atoms with Gasteiger partial charge < -0.3 is 18.9 Å². The van der Waals surface area contributed by atoms with Crippen molar-refractivity contribution in [3.63, 3.8) is 0 Å². The first-order valence-electron chi connectivity index (χ1n) is 8.80. The van der Waals surface area contributed by atoms with Gasteiger partial charge in [0.05, 0.1) is 19.6 Å². The van der Waals surface area contributed by atoms with E-state index in [1.54, 1.807) is 0 Å². The Morgan fingerprint density at radius 3 is 2.30 bits per heavy atom. The molecule has 0 radical (unpaired) electrons. The number of carbonyl (C=O) groups excluding carboxylic acids is 3. The van der Waals surface area contributed by atoms with Crippen molar-refractivity contribution >= 4 is 17.9 Å². The molecule has 148 valence electrons. The van der Waals surface area contributed by atoms with Crippen LogP contribution in [0.4, 0.5) is 0 Å². The van der Waals surface area contributed by atoms with Gasteiger partial charge in [-0.25, -0.2) is 9.59 Å². The molecule has 0 saturated heterocycles. The molecule has 1 rings (SSSR count). The van der Waals surface area contributed by atoms with Crippen LogP contribution in [0.3, 0.4) is 0 Å². The summed E-state index contributed by atoms with van der Waals surface area (Å²) in [6.45, 7) is 6.08. The minimum atomic E-state index is -0.839. The van der Waals surface area contributed by atoms with Gasteiger partial charge in [0.1, 0.15) is 6.61 Å². The summed E-state index contributed by atoms with van der Waals surface area (Å²) in [5.41, 5.74) is 0.959. The van der Waals surface area contributed by atoms with E-state index in [2.05, 4.69) is 6.58 Å². The van der Waals surface area contributed by atoms with Gasteiger partial charge in [0.15, 0.2) is 6.61 Å². The van der Waals surface area contributed by atoms with Gasteiger partial charge >= 0.3 is 17.9 Å². The third-order valence-corrected chi connectivity index (χ3v) is 3.30. The molecule has 0 bridgehead atoms. The normalized spacial score (nSPS) is 10.1. The van der Waals surface area contributed by atoms with Crippen molar-refractivity contribution in [1.29, 1.82) is 0 Å². The summed E-state index contributed by atoms with van der Waals surface area (Å²) in [5.74, 6) is -2.11. The van der Waals surface area contributed by atoms with Crippen molar-refractivity contribution in [3.8, 4) is 0 Å². The zero-order valence-electron chi connectivity index (χ0n) is 15.6. The van der Waals surface area contributed by atoms with Crippen LogP contribution in [0.2, 0.25) is 0 Å². The number of ether oxygens (including phenoxy) is 4. The Bertz CT molecular complexity index is 610. The summed E-state index contributed by atoms with van der Waals surface area (Å²) in [6, 6.07) is 9.57. The molecular weight excluding hydrogens is 352 g/mol. The molecule has 0 amide bonds. The maximum Gasteiger partial charge on any atom is 0.344 e. The highest BCUT2D eigenvalue weighted by Gasteiger charge is 2.16. The number of hydrogen-bond donors (Lipinski definition) is 0. The summed E-state index contributed by atoms with van der Waals surface area (Å²) in [5, 5.41) is 0. The first-order chi connectivity index (χ1) is 13.0. The number of carbonyl (C=O) groups is 3. The maximum absolute atomic E-state index is 11.7. The second-order valence-corrected chi connectivity index (χ2v) is 5.65. The lowest BCUT2D eigenvalue weighted by Gasteiger charge is -2.08. The van der Waals surface area contributed by atoms with Crippen LogP contribution < -0.4 is 0 Å². The summed E-state index contributed by atoms with van der Waals surface area (Å²) in [4.78, 5) is 34.9. The van der Waals surface area contributed by atoms with Crippen LogP contribution in [-0.2, 0) is 39.8 Å². The van der Waals surface area contributed by atoms with E-state index >= 15 is 0 Å². The van der Waals surface area contributed by atoms with E-state index in [-0.39, 0.29) is 31.8 Å². The van der Waals surface area contributed by atoms with E-state index in [1.165, 1.54) is 0 Å². The van der Waals surface area contributed by atoms with Gasteiger partial charge in [-0.05, 0) is 12.0 Å². The van der Waals surface area contributed by atoms with Crippen molar-refractivity contribution in [2.45, 2.75) is 26.2 Å². The predicted octanol–water partition coefficient (Wildman–Crippen LogP) is 2.23. The second-order valence-electron chi connectivity index (χ2n) is 5.65. The molecule has 0 heterocycles. The highest BCUT2D eigenvalue weighted by Crippen LogP contribution is 2.05. The predicted molar refractivity (Wildman–Crippen MR) is 97.9 cm³/mol. The molecule has 7 nitrogen and oxygen atoms in total. The van der Waals surface area contributed by atoms with Crippen molar-refractivity contribution in [2.75, 3.05) is 33.0 Å². The number of hydrogen-bond acceptors (Lipinski definition) is 7. The van der Waals surface area contributed by atoms with Crippen LogP contribution in [0.15, 0.2) is 42.5 Å². The zero-order valence-corrected chi connectivity index (χ0v) is 15.6. The standard InChI is InChI=1S/C20H26O7/c1-3-10-24-12-13-26-19(22)15-27-20(23)16(2)14-18(21)25-11-9-17-7-5-4-6-8-17/h4-8H,2-3,9-15H2,1H3. The highest BCUT2D eigenvalue weighted by atomic mass is 16.6. The van der Waals surface area contributed by atoms with Gasteiger partial charge in [0, 0.05) is 18.6 Å². The second kappa shape index (κ2) is 13.5. The van der Waals surface area contributed by atoms with E-state index in [9.17, 15) is 14.4 Å². The Balaban J connectivity index is 2.14. The number of benzene rings is 1. The molecule has 0 N–H and O–H groups in total. The Morgan fingerprint density at radius 2 is 1.59 bits per heavy atom. The Hall–Kier alpha value is -2.67. The van der Waals surface area contributed by atoms with E-state index in [4.69, 9.17) is 18.9 Å². The monoisotopic (exact) mass is 378 g/mol. The fourth-order valence-corrected chi connectivity index (χ4v) is 1.95. The third-order valence-electron chi connectivity index (χ3n) is 3.30. The SMILES string of the molecule is C=C(CC(=O)OCCc1ccccc1)C(=O)OCC(=O)OCCOCCC. The van der Waals surface area contributed by atoms with E-state index in [0.717, 1.165) is 12.0 Å². The van der Waals surface area contributed by atoms with Crippen LogP contribution in [0.5, 0.6) is 0 Å². The van der Waals surface area contributed by atoms with Crippen molar-refractivity contribution in [2.24, 2.45) is 0 Å². The zero-order chi connectivity index (χ0) is 19.9. The summed E-state index contributed by atoms with van der Waals surface area (Å²) in [7, 11) is 0. The molecule has 0 atom stereocenters. The molecule has 0 aliphatic rings. The van der Waals surface area contributed by atoms with Crippen LogP contribution in [-0.4, -0.2) is 50.9 Å². The van der Waals surface area contributed by atoms with E-state index in [1.807, 2.05) is 37.3 Å². The minimum absolute atomic E-state index is 0.0845. The quantitative estimate of drug-likeness (QED) is 0.225. The largest absolute Gasteiger partial charge is 0.465 e. The number of esters is 3. The topological polar surface area (TPSA) is 88.1 Å². The molecule has 1 aromatic carbocycles. The van der Waals surface area contributed by atoms with Crippen molar-refractivity contribution < 1.29 is 33.3 Å². The summed E-state index contributed by atoms with van der Waals surface area (Å²) < 4.78 is 19.8. The Labute approximate surface area is 159 Å². The van der Waals surface area contributed by atoms with Crippen molar-refractivity contribution in [3.05, 3.63) is 48.0 Å². The molecule has 0 spiro atoms. The molecule has 0 saturated carbocycles. The maximum atomic E-state index is 11.7. The average molecular weight is 378 g/mol. The van der Waals surface area contributed by atoms with Gasteiger partial charge in [-0.2, -0.15) is 0 Å². The molecule has 0 aliphatic heterocycles. The van der Waals surface area contributed by atoms with Gasteiger partial charge in [-0.3, -0.25) is 4.79 Å². The van der Waals surface area contributed by atoms with Crippen molar-refractivity contribution in [1.82, 2.24) is 0 Å². The lowest BCUT2D eigenvalue weighted by molar-refractivity contribution is -0.158. The number of rotatable bonds is 13. The third kappa shape index (κ3) is 10.8. The van der Waals surface area contributed by atoms with Gasteiger partial charge in [0.25, 0.3) is 0 Å². The first-order valence-corrected chi connectivity index (χ1v) is 8.80. The fourth-order valence-electron chi connectivity index (χ4n) is 1.95. The van der Waals surface area contributed by atoms with Gasteiger partial charge in [-0.15, -0.1) is 0 Å². The van der Waals surface area contributed by atoms with Crippen LogP contribution in [0.1, 0.15) is 25.3 Å². The average Bonchev–Trinajstić information content (AvgIpc) is 2.66. The molecule has 27 heavy (non-hydrogen) atoms. The Kier molecular flexibility index (Phi) is 11.2. The summed E-state index contributed by atoms with van der Waals surface area (Å²) in [6.07, 6.45) is 1.16. The van der Waals surface area contributed by atoms with Crippen LogP contribution in [0, 0.1) is 0 Å². The van der Waals surface area contributed by atoms with E-state index < -0.39 is 24.5 Å². The highest BCUT2D eigenvalue weighted by molar-refractivity contribution is 5.94. The molecule has 0 unspecified atom stereocenters. The summed E-state index contributed by atoms with van der Waals surface area (Å²) >= 11 is 0. The molecule has 0 fully saturated rings. The lowest BCUT2D eigenvalue weighted by atomic mass is 10.2. The lowest BCUT2D eigenvalue weighted by Crippen LogP contribution is -2.20.